The Hall–Kier alpha value is -2.31. The number of halogens is 2. The van der Waals surface area contributed by atoms with Crippen LogP contribution in [-0.2, 0) is 13.1 Å². The van der Waals surface area contributed by atoms with Crippen molar-refractivity contribution in [2.45, 2.75) is 26.9 Å². The van der Waals surface area contributed by atoms with E-state index in [1.807, 2.05) is 18.5 Å². The first kappa shape index (κ1) is 17.5. The molecule has 0 saturated heterocycles. The van der Waals surface area contributed by atoms with Gasteiger partial charge in [-0.25, -0.2) is 0 Å². The van der Waals surface area contributed by atoms with Crippen molar-refractivity contribution in [3.05, 3.63) is 57.5 Å². The predicted octanol–water partition coefficient (Wildman–Crippen LogP) is 3.84. The minimum atomic E-state index is -0.234. The van der Waals surface area contributed by atoms with E-state index in [4.69, 9.17) is 23.2 Å². The molecule has 6 nitrogen and oxygen atoms in total. The number of aromatic amines is 1. The Bertz CT molecular complexity index is 916. The van der Waals surface area contributed by atoms with Crippen molar-refractivity contribution in [3.8, 4) is 11.3 Å². The second-order valence-electron chi connectivity index (χ2n) is 5.55. The van der Waals surface area contributed by atoms with Gasteiger partial charge in [-0.3, -0.25) is 14.6 Å². The van der Waals surface area contributed by atoms with Gasteiger partial charge in [0.1, 0.15) is 5.69 Å². The summed E-state index contributed by atoms with van der Waals surface area (Å²) >= 11 is 11.9. The van der Waals surface area contributed by atoms with E-state index in [0.29, 0.717) is 28.0 Å². The van der Waals surface area contributed by atoms with Gasteiger partial charge in [-0.1, -0.05) is 29.3 Å². The van der Waals surface area contributed by atoms with Crippen LogP contribution < -0.4 is 5.32 Å². The topological polar surface area (TPSA) is 75.6 Å². The Balaban J connectivity index is 1.70. The van der Waals surface area contributed by atoms with Gasteiger partial charge in [-0.05, 0) is 32.0 Å². The van der Waals surface area contributed by atoms with E-state index in [1.165, 1.54) is 0 Å². The summed E-state index contributed by atoms with van der Waals surface area (Å²) in [6.45, 7) is 5.22. The molecule has 3 rings (SSSR count). The van der Waals surface area contributed by atoms with Crippen molar-refractivity contribution in [3.63, 3.8) is 0 Å². The zero-order valence-corrected chi connectivity index (χ0v) is 15.3. The highest BCUT2D eigenvalue weighted by atomic mass is 35.5. The van der Waals surface area contributed by atoms with Crippen molar-refractivity contribution >= 4 is 29.1 Å². The van der Waals surface area contributed by atoms with Crippen LogP contribution in [0.4, 0.5) is 0 Å². The minimum absolute atomic E-state index is 0.234. The molecule has 3 aromatic rings. The fourth-order valence-electron chi connectivity index (χ4n) is 2.49. The molecule has 25 heavy (non-hydrogen) atoms. The van der Waals surface area contributed by atoms with E-state index in [2.05, 4.69) is 20.6 Å². The second kappa shape index (κ2) is 7.29. The number of H-pyrrole nitrogens is 1. The second-order valence-corrected chi connectivity index (χ2v) is 6.36. The van der Waals surface area contributed by atoms with Crippen molar-refractivity contribution in [2.75, 3.05) is 0 Å². The highest BCUT2D eigenvalue weighted by molar-refractivity contribution is 6.42. The number of benzene rings is 1. The lowest BCUT2D eigenvalue weighted by Crippen LogP contribution is -2.23. The van der Waals surface area contributed by atoms with Gasteiger partial charge in [0.05, 0.1) is 21.9 Å². The number of amides is 1. The van der Waals surface area contributed by atoms with E-state index in [9.17, 15) is 4.79 Å². The molecule has 0 fully saturated rings. The van der Waals surface area contributed by atoms with E-state index >= 15 is 0 Å². The number of nitrogens with zero attached hydrogens (tertiary/aromatic N) is 3. The number of rotatable bonds is 5. The van der Waals surface area contributed by atoms with Crippen LogP contribution in [0.5, 0.6) is 0 Å². The number of hydrogen-bond acceptors (Lipinski definition) is 3. The Kier molecular flexibility index (Phi) is 5.11. The van der Waals surface area contributed by atoms with Crippen LogP contribution in [-0.4, -0.2) is 25.9 Å². The lowest BCUT2D eigenvalue weighted by atomic mass is 10.1. The molecule has 1 amide bonds. The summed E-state index contributed by atoms with van der Waals surface area (Å²) in [5.41, 5.74) is 3.81. The minimum Gasteiger partial charge on any atom is -0.347 e. The third-order valence-electron chi connectivity index (χ3n) is 3.98. The molecule has 2 N–H and O–H groups in total. The van der Waals surface area contributed by atoms with Crippen molar-refractivity contribution in [2.24, 2.45) is 0 Å². The molecule has 0 radical (unpaired) electrons. The van der Waals surface area contributed by atoms with Crippen LogP contribution in [0.15, 0.2) is 30.5 Å². The summed E-state index contributed by atoms with van der Waals surface area (Å²) in [5.74, 6) is -0.234. The van der Waals surface area contributed by atoms with Gasteiger partial charge in [0.2, 0.25) is 0 Å². The van der Waals surface area contributed by atoms with Gasteiger partial charge in [0.15, 0.2) is 0 Å². The highest BCUT2D eigenvalue weighted by Crippen LogP contribution is 2.27. The van der Waals surface area contributed by atoms with E-state index < -0.39 is 0 Å². The molecule has 0 aliphatic carbocycles. The van der Waals surface area contributed by atoms with Gasteiger partial charge in [-0.2, -0.15) is 10.2 Å². The fourth-order valence-corrected chi connectivity index (χ4v) is 2.79. The third-order valence-corrected chi connectivity index (χ3v) is 4.72. The molecule has 0 aliphatic heterocycles. The molecule has 0 unspecified atom stereocenters. The molecule has 8 heteroatoms. The smallest absolute Gasteiger partial charge is 0.269 e. The van der Waals surface area contributed by atoms with E-state index in [0.717, 1.165) is 23.4 Å². The molecule has 0 spiro atoms. The van der Waals surface area contributed by atoms with Gasteiger partial charge >= 0.3 is 0 Å². The Morgan fingerprint density at radius 3 is 2.76 bits per heavy atom. The monoisotopic (exact) mass is 377 g/mol. The maximum absolute atomic E-state index is 12.3. The molecule has 2 aromatic heterocycles. The van der Waals surface area contributed by atoms with Gasteiger partial charge in [0, 0.05) is 29.9 Å². The molecule has 0 atom stereocenters. The molecule has 0 aliphatic rings. The zero-order chi connectivity index (χ0) is 18.0. The van der Waals surface area contributed by atoms with Crippen LogP contribution in [0.1, 0.15) is 28.7 Å². The number of aromatic nitrogens is 4. The third kappa shape index (κ3) is 3.70. The van der Waals surface area contributed by atoms with Gasteiger partial charge < -0.3 is 5.32 Å². The summed E-state index contributed by atoms with van der Waals surface area (Å²) in [6.07, 6.45) is 1.77. The van der Waals surface area contributed by atoms with Crippen LogP contribution in [0, 0.1) is 6.92 Å². The summed E-state index contributed by atoms with van der Waals surface area (Å²) < 4.78 is 1.89. The van der Waals surface area contributed by atoms with Gasteiger partial charge in [0.25, 0.3) is 5.91 Å². The Labute approximate surface area is 155 Å². The number of aryl methyl sites for hydroxylation is 1. The first-order chi connectivity index (χ1) is 12.0. The summed E-state index contributed by atoms with van der Waals surface area (Å²) in [4.78, 5) is 12.3. The predicted molar refractivity (Wildman–Crippen MR) is 97.9 cm³/mol. The van der Waals surface area contributed by atoms with E-state index in [1.54, 1.807) is 30.5 Å². The first-order valence-corrected chi connectivity index (χ1v) is 8.55. The lowest BCUT2D eigenvalue weighted by Gasteiger charge is -2.04. The SMILES string of the molecule is CCn1ncc(CNC(=O)c2cc(-c3ccc(Cl)c(Cl)c3)n[nH]2)c1C. The van der Waals surface area contributed by atoms with Crippen LogP contribution in [0.2, 0.25) is 10.0 Å². The van der Waals surface area contributed by atoms with Crippen molar-refractivity contribution < 1.29 is 4.79 Å². The quantitative estimate of drug-likeness (QED) is 0.708. The molecular weight excluding hydrogens is 361 g/mol. The molecule has 0 saturated carbocycles. The average Bonchev–Trinajstić information content (AvgIpc) is 3.22. The Morgan fingerprint density at radius 1 is 1.28 bits per heavy atom. The number of hydrogen-bond donors (Lipinski definition) is 2. The van der Waals surface area contributed by atoms with Crippen LogP contribution in [0.25, 0.3) is 11.3 Å². The lowest BCUT2D eigenvalue weighted by molar-refractivity contribution is 0.0946. The van der Waals surface area contributed by atoms with Gasteiger partial charge in [-0.15, -0.1) is 0 Å². The molecule has 2 heterocycles. The largest absolute Gasteiger partial charge is 0.347 e. The maximum atomic E-state index is 12.3. The highest BCUT2D eigenvalue weighted by Gasteiger charge is 2.13. The number of nitrogens with one attached hydrogen (secondary N) is 2. The maximum Gasteiger partial charge on any atom is 0.269 e. The number of carbonyl (C=O) groups is 1. The zero-order valence-electron chi connectivity index (χ0n) is 13.8. The molecule has 1 aromatic carbocycles. The summed E-state index contributed by atoms with van der Waals surface area (Å²) in [7, 11) is 0. The standard InChI is InChI=1S/C17H17Cl2N5O/c1-3-24-10(2)12(9-21-24)8-20-17(25)16-7-15(22-23-16)11-4-5-13(18)14(19)6-11/h4-7,9H,3,8H2,1-2H3,(H,20,25)(H,22,23). The number of carbonyl (C=O) groups excluding carboxylic acids is 1. The normalized spacial score (nSPS) is 10.9. The summed E-state index contributed by atoms with van der Waals surface area (Å²) in [5, 5.41) is 15.0. The Morgan fingerprint density at radius 2 is 2.08 bits per heavy atom. The van der Waals surface area contributed by atoms with Crippen LogP contribution in [0.3, 0.4) is 0 Å². The summed E-state index contributed by atoms with van der Waals surface area (Å²) in [6, 6.07) is 6.89. The average molecular weight is 378 g/mol. The first-order valence-electron chi connectivity index (χ1n) is 7.80. The fraction of sp³-hybridized carbons (Fsp3) is 0.235. The van der Waals surface area contributed by atoms with E-state index in [-0.39, 0.29) is 5.91 Å². The van der Waals surface area contributed by atoms with Crippen LogP contribution >= 0.6 is 23.2 Å². The molecule has 130 valence electrons. The molecular formula is C17H17Cl2N5O. The van der Waals surface area contributed by atoms with Crippen molar-refractivity contribution in [1.82, 2.24) is 25.3 Å². The molecule has 0 bridgehead atoms. The van der Waals surface area contributed by atoms with Crippen molar-refractivity contribution in [1.29, 1.82) is 0 Å².